The third-order valence-corrected chi connectivity index (χ3v) is 3.13. The maximum absolute atomic E-state index is 12.1. The maximum Gasteiger partial charge on any atom is 0.251 e. The zero-order valence-corrected chi connectivity index (χ0v) is 12.0. The van der Waals surface area contributed by atoms with Crippen molar-refractivity contribution in [1.82, 2.24) is 5.32 Å². The van der Waals surface area contributed by atoms with Crippen molar-refractivity contribution in [2.45, 2.75) is 13.0 Å². The second kappa shape index (κ2) is 7.28. The van der Waals surface area contributed by atoms with Crippen LogP contribution >= 0.6 is 0 Å². The van der Waals surface area contributed by atoms with Crippen molar-refractivity contribution in [3.63, 3.8) is 0 Å². The topological polar surface area (TPSA) is 55.1 Å². The summed E-state index contributed by atoms with van der Waals surface area (Å²) in [5.41, 5.74) is 7.97. The van der Waals surface area contributed by atoms with Gasteiger partial charge in [-0.1, -0.05) is 42.2 Å². The molecule has 0 saturated heterocycles. The van der Waals surface area contributed by atoms with Crippen LogP contribution in [-0.2, 0) is 0 Å². The average molecular weight is 278 g/mol. The van der Waals surface area contributed by atoms with Gasteiger partial charge in [-0.3, -0.25) is 4.79 Å². The molecule has 21 heavy (non-hydrogen) atoms. The third-order valence-electron chi connectivity index (χ3n) is 3.13. The molecule has 106 valence electrons. The minimum atomic E-state index is -0.0740. The molecule has 0 bridgehead atoms. The Morgan fingerprint density at radius 2 is 1.81 bits per heavy atom. The first-order valence-electron chi connectivity index (χ1n) is 6.85. The molecule has 0 spiro atoms. The highest BCUT2D eigenvalue weighted by atomic mass is 16.1. The van der Waals surface area contributed by atoms with Crippen molar-refractivity contribution >= 4 is 5.91 Å². The van der Waals surface area contributed by atoms with Crippen LogP contribution in [0.5, 0.6) is 0 Å². The first-order chi connectivity index (χ1) is 10.2. The fourth-order valence-electron chi connectivity index (χ4n) is 1.96. The number of hydrogen-bond donors (Lipinski definition) is 2. The molecule has 2 aromatic carbocycles. The van der Waals surface area contributed by atoms with Gasteiger partial charge in [-0.05, 0) is 36.8 Å². The summed E-state index contributed by atoms with van der Waals surface area (Å²) < 4.78 is 0. The third kappa shape index (κ3) is 4.20. The lowest BCUT2D eigenvalue weighted by Crippen LogP contribution is -2.26. The van der Waals surface area contributed by atoms with E-state index in [-0.39, 0.29) is 11.9 Å². The molecule has 0 radical (unpaired) electrons. The first kappa shape index (κ1) is 14.8. The van der Waals surface area contributed by atoms with Crippen LogP contribution in [0.15, 0.2) is 54.6 Å². The van der Waals surface area contributed by atoms with Crippen LogP contribution in [0.1, 0.15) is 34.5 Å². The monoisotopic (exact) mass is 278 g/mol. The molecular weight excluding hydrogens is 260 g/mol. The Hall–Kier alpha value is -2.57. The summed E-state index contributed by atoms with van der Waals surface area (Å²) in [5.74, 6) is 5.72. The SMILES string of the molecule is CC(NC(=O)c1ccccc1)c1ccc(C#CCN)cc1. The molecule has 0 aliphatic rings. The van der Waals surface area contributed by atoms with E-state index in [2.05, 4.69) is 17.2 Å². The number of rotatable bonds is 3. The summed E-state index contributed by atoms with van der Waals surface area (Å²) in [7, 11) is 0. The molecule has 1 atom stereocenters. The van der Waals surface area contributed by atoms with Gasteiger partial charge in [0.2, 0.25) is 0 Å². The maximum atomic E-state index is 12.1. The molecular formula is C18H18N2O. The van der Waals surface area contributed by atoms with Crippen molar-refractivity contribution in [1.29, 1.82) is 0 Å². The lowest BCUT2D eigenvalue weighted by atomic mass is 10.1. The highest BCUT2D eigenvalue weighted by Gasteiger charge is 2.10. The molecule has 0 aliphatic heterocycles. The zero-order chi connectivity index (χ0) is 15.1. The van der Waals surface area contributed by atoms with Crippen LogP contribution in [0, 0.1) is 11.8 Å². The fourth-order valence-corrected chi connectivity index (χ4v) is 1.96. The number of carbonyl (C=O) groups excluding carboxylic acids is 1. The number of nitrogens with one attached hydrogen (secondary N) is 1. The molecule has 2 aromatic rings. The molecule has 3 heteroatoms. The lowest BCUT2D eigenvalue weighted by molar-refractivity contribution is 0.0940. The molecule has 2 rings (SSSR count). The summed E-state index contributed by atoms with van der Waals surface area (Å²) in [6.07, 6.45) is 0. The molecule has 3 N–H and O–H groups in total. The number of nitrogens with two attached hydrogens (primary N) is 1. The quantitative estimate of drug-likeness (QED) is 0.848. The summed E-state index contributed by atoms with van der Waals surface area (Å²) >= 11 is 0. The summed E-state index contributed by atoms with van der Waals surface area (Å²) in [5, 5.41) is 2.98. The van der Waals surface area contributed by atoms with Crippen LogP contribution in [0.4, 0.5) is 0 Å². The molecule has 0 saturated carbocycles. The molecule has 1 amide bonds. The Balaban J connectivity index is 2.03. The van der Waals surface area contributed by atoms with Gasteiger partial charge in [-0.25, -0.2) is 0 Å². The zero-order valence-electron chi connectivity index (χ0n) is 12.0. The van der Waals surface area contributed by atoms with E-state index in [1.807, 2.05) is 49.4 Å². The molecule has 0 heterocycles. The van der Waals surface area contributed by atoms with Crippen molar-refractivity contribution in [2.24, 2.45) is 5.73 Å². The Morgan fingerprint density at radius 3 is 2.43 bits per heavy atom. The second-order valence-corrected chi connectivity index (χ2v) is 4.69. The predicted molar refractivity (Wildman–Crippen MR) is 84.7 cm³/mol. The van der Waals surface area contributed by atoms with E-state index in [0.717, 1.165) is 11.1 Å². The molecule has 0 aliphatic carbocycles. The van der Waals surface area contributed by atoms with E-state index in [0.29, 0.717) is 12.1 Å². The fraction of sp³-hybridized carbons (Fsp3) is 0.167. The van der Waals surface area contributed by atoms with Crippen LogP contribution in [0.3, 0.4) is 0 Å². The molecule has 0 fully saturated rings. The van der Waals surface area contributed by atoms with E-state index < -0.39 is 0 Å². The first-order valence-corrected chi connectivity index (χ1v) is 6.85. The van der Waals surface area contributed by atoms with E-state index in [1.54, 1.807) is 12.1 Å². The Kier molecular flexibility index (Phi) is 5.14. The van der Waals surface area contributed by atoms with Gasteiger partial charge in [0.25, 0.3) is 5.91 Å². The smallest absolute Gasteiger partial charge is 0.251 e. The van der Waals surface area contributed by atoms with Gasteiger partial charge in [0.05, 0.1) is 12.6 Å². The summed E-state index contributed by atoms with van der Waals surface area (Å²) in [6, 6.07) is 16.9. The summed E-state index contributed by atoms with van der Waals surface area (Å²) in [4.78, 5) is 12.1. The van der Waals surface area contributed by atoms with Crippen molar-refractivity contribution in [3.8, 4) is 11.8 Å². The Bertz CT molecular complexity index is 651. The normalized spacial score (nSPS) is 11.1. The minimum absolute atomic E-state index is 0.0609. The Labute approximate surface area is 125 Å². The highest BCUT2D eigenvalue weighted by molar-refractivity contribution is 5.94. The van der Waals surface area contributed by atoms with Gasteiger partial charge >= 0.3 is 0 Å². The van der Waals surface area contributed by atoms with Gasteiger partial charge in [-0.2, -0.15) is 0 Å². The van der Waals surface area contributed by atoms with Crippen LogP contribution in [-0.4, -0.2) is 12.5 Å². The van der Waals surface area contributed by atoms with Gasteiger partial charge in [-0.15, -0.1) is 0 Å². The largest absolute Gasteiger partial charge is 0.346 e. The van der Waals surface area contributed by atoms with Crippen LogP contribution in [0.2, 0.25) is 0 Å². The standard InChI is InChI=1S/C18H18N2O/c1-14(20-18(21)17-7-3-2-4-8-17)16-11-9-15(10-12-16)6-5-13-19/h2-4,7-12,14H,13,19H2,1H3,(H,20,21). The van der Waals surface area contributed by atoms with E-state index >= 15 is 0 Å². The van der Waals surface area contributed by atoms with Gasteiger partial charge in [0, 0.05) is 11.1 Å². The van der Waals surface area contributed by atoms with Crippen molar-refractivity contribution in [2.75, 3.05) is 6.54 Å². The summed E-state index contributed by atoms with van der Waals surface area (Å²) in [6.45, 7) is 2.31. The van der Waals surface area contributed by atoms with Crippen molar-refractivity contribution in [3.05, 3.63) is 71.3 Å². The number of hydrogen-bond acceptors (Lipinski definition) is 2. The van der Waals surface area contributed by atoms with Crippen molar-refractivity contribution < 1.29 is 4.79 Å². The van der Waals surface area contributed by atoms with Gasteiger partial charge in [0.15, 0.2) is 0 Å². The molecule has 3 nitrogen and oxygen atoms in total. The number of carbonyl (C=O) groups is 1. The minimum Gasteiger partial charge on any atom is -0.346 e. The van der Waals surface area contributed by atoms with E-state index in [1.165, 1.54) is 0 Å². The van der Waals surface area contributed by atoms with Gasteiger partial charge in [0.1, 0.15) is 0 Å². The molecule has 1 unspecified atom stereocenters. The van der Waals surface area contributed by atoms with Gasteiger partial charge < -0.3 is 11.1 Å². The van der Waals surface area contributed by atoms with E-state index in [4.69, 9.17) is 5.73 Å². The van der Waals surface area contributed by atoms with E-state index in [9.17, 15) is 4.79 Å². The Morgan fingerprint density at radius 1 is 1.14 bits per heavy atom. The predicted octanol–water partition coefficient (Wildman–Crippen LogP) is 2.49. The van der Waals surface area contributed by atoms with Crippen LogP contribution in [0.25, 0.3) is 0 Å². The molecule has 0 aromatic heterocycles. The number of amides is 1. The highest BCUT2D eigenvalue weighted by Crippen LogP contribution is 2.14. The van der Waals surface area contributed by atoms with Crippen LogP contribution < -0.4 is 11.1 Å². The average Bonchev–Trinajstić information content (AvgIpc) is 2.54. The number of benzene rings is 2. The lowest BCUT2D eigenvalue weighted by Gasteiger charge is -2.14. The second-order valence-electron chi connectivity index (χ2n) is 4.69.